The Bertz CT molecular complexity index is 492. The van der Waals surface area contributed by atoms with E-state index in [9.17, 15) is 4.79 Å². The van der Waals surface area contributed by atoms with Gasteiger partial charge in [0.2, 0.25) is 0 Å². The Morgan fingerprint density at radius 3 is 2.86 bits per heavy atom. The van der Waals surface area contributed by atoms with Gasteiger partial charge in [0.1, 0.15) is 12.0 Å². The zero-order chi connectivity index (χ0) is 15.9. The number of ether oxygens (including phenoxy) is 1. The van der Waals surface area contributed by atoms with Gasteiger partial charge in [0, 0.05) is 11.9 Å². The standard InChI is InChI=1S/C18H26ClNO2/c1-3-11-20(12-5-10-19)17-9-8-15-14(16(17)13-21)6-4-7-18(15)22-2/h4,6-7,13,16-17H,3,5,8-12H2,1-2H3. The molecule has 3 nitrogen and oxygen atoms in total. The summed E-state index contributed by atoms with van der Waals surface area (Å²) in [4.78, 5) is 14.3. The number of aldehydes is 1. The van der Waals surface area contributed by atoms with Crippen molar-refractivity contribution in [3.8, 4) is 5.75 Å². The summed E-state index contributed by atoms with van der Waals surface area (Å²) in [5.74, 6) is 1.51. The van der Waals surface area contributed by atoms with Gasteiger partial charge in [-0.05, 0) is 56.0 Å². The van der Waals surface area contributed by atoms with Crippen LogP contribution < -0.4 is 4.74 Å². The summed E-state index contributed by atoms with van der Waals surface area (Å²) in [6.45, 7) is 4.17. The number of benzene rings is 1. The van der Waals surface area contributed by atoms with Gasteiger partial charge < -0.3 is 9.53 Å². The van der Waals surface area contributed by atoms with Gasteiger partial charge in [-0.25, -0.2) is 0 Å². The molecule has 2 rings (SSSR count). The van der Waals surface area contributed by atoms with Crippen molar-refractivity contribution in [2.45, 2.75) is 44.6 Å². The van der Waals surface area contributed by atoms with Crippen LogP contribution in [0.4, 0.5) is 0 Å². The van der Waals surface area contributed by atoms with Crippen molar-refractivity contribution in [2.75, 3.05) is 26.1 Å². The topological polar surface area (TPSA) is 29.5 Å². The Balaban J connectivity index is 2.28. The lowest BCUT2D eigenvalue weighted by molar-refractivity contribution is -0.110. The van der Waals surface area contributed by atoms with Crippen LogP contribution in [0.3, 0.4) is 0 Å². The third-order valence-electron chi connectivity index (χ3n) is 4.56. The summed E-state index contributed by atoms with van der Waals surface area (Å²) in [6.07, 6.45) is 5.14. The summed E-state index contributed by atoms with van der Waals surface area (Å²) in [5.41, 5.74) is 2.34. The van der Waals surface area contributed by atoms with Crippen LogP contribution in [0.25, 0.3) is 0 Å². The fourth-order valence-electron chi connectivity index (χ4n) is 3.60. The van der Waals surface area contributed by atoms with E-state index in [0.29, 0.717) is 5.88 Å². The van der Waals surface area contributed by atoms with E-state index in [1.54, 1.807) is 7.11 Å². The molecule has 4 heteroatoms. The zero-order valence-corrected chi connectivity index (χ0v) is 14.3. The van der Waals surface area contributed by atoms with E-state index in [2.05, 4.69) is 17.9 Å². The molecule has 0 radical (unpaired) electrons. The second-order valence-corrected chi connectivity index (χ2v) is 6.25. The smallest absolute Gasteiger partial charge is 0.129 e. The van der Waals surface area contributed by atoms with E-state index in [0.717, 1.165) is 56.4 Å². The molecule has 0 heterocycles. The monoisotopic (exact) mass is 323 g/mol. The molecule has 0 aromatic heterocycles. The number of methoxy groups -OCH3 is 1. The highest BCUT2D eigenvalue weighted by Gasteiger charge is 2.34. The molecule has 0 bridgehead atoms. The normalized spacial score (nSPS) is 20.7. The van der Waals surface area contributed by atoms with Gasteiger partial charge in [-0.1, -0.05) is 19.1 Å². The van der Waals surface area contributed by atoms with E-state index >= 15 is 0 Å². The highest BCUT2D eigenvalue weighted by molar-refractivity contribution is 6.17. The number of halogens is 1. The maximum atomic E-state index is 11.8. The van der Waals surface area contributed by atoms with Gasteiger partial charge in [0.15, 0.2) is 0 Å². The molecule has 2 atom stereocenters. The first-order valence-electron chi connectivity index (χ1n) is 8.17. The average molecular weight is 324 g/mol. The molecule has 1 aromatic rings. The van der Waals surface area contributed by atoms with Crippen LogP contribution in [-0.4, -0.2) is 43.3 Å². The Kier molecular flexibility index (Phi) is 6.71. The van der Waals surface area contributed by atoms with Crippen molar-refractivity contribution >= 4 is 17.9 Å². The number of fused-ring (bicyclic) bond motifs is 1. The van der Waals surface area contributed by atoms with Gasteiger partial charge in [-0.3, -0.25) is 4.90 Å². The van der Waals surface area contributed by atoms with E-state index < -0.39 is 0 Å². The molecule has 1 aliphatic rings. The Morgan fingerprint density at radius 1 is 1.41 bits per heavy atom. The van der Waals surface area contributed by atoms with Gasteiger partial charge in [-0.15, -0.1) is 11.6 Å². The van der Waals surface area contributed by atoms with Crippen LogP contribution in [0.1, 0.15) is 43.2 Å². The molecule has 0 fully saturated rings. The van der Waals surface area contributed by atoms with Crippen LogP contribution in [0, 0.1) is 0 Å². The number of carbonyl (C=O) groups is 1. The molecule has 0 N–H and O–H groups in total. The molecule has 2 unspecified atom stereocenters. The first kappa shape index (κ1) is 17.3. The third kappa shape index (κ3) is 3.64. The van der Waals surface area contributed by atoms with Crippen molar-refractivity contribution in [2.24, 2.45) is 0 Å². The maximum Gasteiger partial charge on any atom is 0.129 e. The highest BCUT2D eigenvalue weighted by Crippen LogP contribution is 2.38. The van der Waals surface area contributed by atoms with Gasteiger partial charge in [0.05, 0.1) is 13.0 Å². The minimum Gasteiger partial charge on any atom is -0.496 e. The number of hydrogen-bond acceptors (Lipinski definition) is 3. The molecule has 0 spiro atoms. The third-order valence-corrected chi connectivity index (χ3v) is 4.83. The molecule has 0 amide bonds. The van der Waals surface area contributed by atoms with Crippen molar-refractivity contribution in [1.29, 1.82) is 0 Å². The lowest BCUT2D eigenvalue weighted by Gasteiger charge is -2.39. The average Bonchev–Trinajstić information content (AvgIpc) is 2.56. The van der Waals surface area contributed by atoms with Gasteiger partial charge in [0.25, 0.3) is 0 Å². The first-order valence-corrected chi connectivity index (χ1v) is 8.71. The fourth-order valence-corrected chi connectivity index (χ4v) is 3.72. The molecule has 122 valence electrons. The molecule has 1 aromatic carbocycles. The second-order valence-electron chi connectivity index (χ2n) is 5.87. The Morgan fingerprint density at radius 2 is 2.23 bits per heavy atom. The van der Waals surface area contributed by atoms with Crippen LogP contribution in [0.2, 0.25) is 0 Å². The SMILES string of the molecule is CCCN(CCCCl)C1CCc2c(OC)cccc2C1C=O. The quantitative estimate of drug-likeness (QED) is 0.540. The van der Waals surface area contributed by atoms with Crippen molar-refractivity contribution in [1.82, 2.24) is 4.90 Å². The molecule has 1 aliphatic carbocycles. The molecule has 0 saturated carbocycles. The summed E-state index contributed by atoms with van der Waals surface area (Å²) in [6, 6.07) is 6.33. The van der Waals surface area contributed by atoms with Crippen molar-refractivity contribution < 1.29 is 9.53 Å². The number of alkyl halides is 1. The summed E-state index contributed by atoms with van der Waals surface area (Å²) in [7, 11) is 1.70. The Labute approximate surface area is 138 Å². The van der Waals surface area contributed by atoms with Gasteiger partial charge in [-0.2, -0.15) is 0 Å². The van der Waals surface area contributed by atoms with E-state index in [1.807, 2.05) is 12.1 Å². The number of rotatable bonds is 8. The van der Waals surface area contributed by atoms with Crippen molar-refractivity contribution in [3.63, 3.8) is 0 Å². The lowest BCUT2D eigenvalue weighted by Crippen LogP contribution is -2.44. The predicted molar refractivity (Wildman–Crippen MR) is 91.1 cm³/mol. The van der Waals surface area contributed by atoms with Crippen molar-refractivity contribution in [3.05, 3.63) is 29.3 Å². The van der Waals surface area contributed by atoms with Crippen LogP contribution in [0.5, 0.6) is 5.75 Å². The predicted octanol–water partition coefficient (Wildman–Crippen LogP) is 3.63. The first-order chi connectivity index (χ1) is 10.8. The number of nitrogens with zero attached hydrogens (tertiary/aromatic N) is 1. The highest BCUT2D eigenvalue weighted by atomic mass is 35.5. The lowest BCUT2D eigenvalue weighted by atomic mass is 9.78. The Hall–Kier alpha value is -1.06. The zero-order valence-electron chi connectivity index (χ0n) is 13.6. The van der Waals surface area contributed by atoms with E-state index in [4.69, 9.17) is 16.3 Å². The number of hydrogen-bond donors (Lipinski definition) is 0. The summed E-state index contributed by atoms with van der Waals surface area (Å²) < 4.78 is 5.47. The second kappa shape index (κ2) is 8.54. The summed E-state index contributed by atoms with van der Waals surface area (Å²) >= 11 is 5.86. The fraction of sp³-hybridized carbons (Fsp3) is 0.611. The van der Waals surface area contributed by atoms with E-state index in [1.165, 1.54) is 5.56 Å². The molecule has 22 heavy (non-hydrogen) atoms. The van der Waals surface area contributed by atoms with E-state index in [-0.39, 0.29) is 12.0 Å². The molecular formula is C18H26ClNO2. The minimum absolute atomic E-state index is 0.0688. The van der Waals surface area contributed by atoms with Gasteiger partial charge >= 0.3 is 0 Å². The summed E-state index contributed by atoms with van der Waals surface area (Å²) in [5, 5.41) is 0. The van der Waals surface area contributed by atoms with Crippen LogP contribution in [0.15, 0.2) is 18.2 Å². The molecule has 0 aliphatic heterocycles. The molecule has 0 saturated heterocycles. The largest absolute Gasteiger partial charge is 0.496 e. The van der Waals surface area contributed by atoms with Crippen LogP contribution >= 0.6 is 11.6 Å². The minimum atomic E-state index is -0.0688. The van der Waals surface area contributed by atoms with Crippen LogP contribution in [-0.2, 0) is 11.2 Å². The maximum absolute atomic E-state index is 11.8. The number of carbonyl (C=O) groups excluding carboxylic acids is 1. The molecular weight excluding hydrogens is 298 g/mol.